The van der Waals surface area contributed by atoms with Crippen LogP contribution in [0.2, 0.25) is 0 Å². The zero-order valence-corrected chi connectivity index (χ0v) is 11.4. The summed E-state index contributed by atoms with van der Waals surface area (Å²) in [4.78, 5) is 0. The summed E-state index contributed by atoms with van der Waals surface area (Å²) in [7, 11) is 0. The molecule has 0 fully saturated rings. The summed E-state index contributed by atoms with van der Waals surface area (Å²) in [6.45, 7) is 6.05. The van der Waals surface area contributed by atoms with E-state index in [0.29, 0.717) is 0 Å². The number of benzene rings is 2. The molecule has 96 valence electrons. The molecule has 0 atom stereocenters. The fourth-order valence-corrected chi connectivity index (χ4v) is 3.28. The molecule has 1 nitrogen and oxygen atoms in total. The lowest BCUT2D eigenvalue weighted by Gasteiger charge is -1.99. The van der Waals surface area contributed by atoms with Gasteiger partial charge in [-0.05, 0) is 19.1 Å². The molecule has 2 aromatic heterocycles. The average Bonchev–Trinajstić information content (AvgIpc) is 2.98. The van der Waals surface area contributed by atoms with Gasteiger partial charge in [-0.3, -0.25) is 0 Å². The van der Waals surface area contributed by atoms with Crippen LogP contribution in [0.15, 0.2) is 55.1 Å². The van der Waals surface area contributed by atoms with Crippen molar-refractivity contribution in [1.29, 1.82) is 0 Å². The number of nitrogens with zero attached hydrogens (tertiary/aromatic N) is 1. The van der Waals surface area contributed by atoms with Crippen LogP contribution in [0.25, 0.3) is 39.3 Å². The lowest BCUT2D eigenvalue weighted by atomic mass is 10.1. The molecular formula is C19H15N. The topological polar surface area (TPSA) is 4.41 Å². The normalized spacial score (nSPS) is 12.2. The second-order valence-electron chi connectivity index (χ2n) is 5.06. The molecule has 0 amide bonds. The van der Waals surface area contributed by atoms with Crippen LogP contribution in [-0.4, -0.2) is 4.40 Å². The lowest BCUT2D eigenvalue weighted by molar-refractivity contribution is 1.26. The van der Waals surface area contributed by atoms with E-state index in [2.05, 4.69) is 72.5 Å². The first kappa shape index (κ1) is 11.3. The lowest BCUT2D eigenvalue weighted by Crippen LogP contribution is -1.85. The van der Waals surface area contributed by atoms with Gasteiger partial charge in [0.2, 0.25) is 0 Å². The van der Waals surface area contributed by atoms with Gasteiger partial charge in [0.15, 0.2) is 0 Å². The van der Waals surface area contributed by atoms with E-state index in [4.69, 9.17) is 0 Å². The van der Waals surface area contributed by atoms with Crippen molar-refractivity contribution in [3.05, 3.63) is 66.4 Å². The fourth-order valence-electron chi connectivity index (χ4n) is 3.28. The van der Waals surface area contributed by atoms with Crippen LogP contribution in [0.1, 0.15) is 18.2 Å². The smallest absolute Gasteiger partial charge is 0.0620 e. The maximum atomic E-state index is 4.00. The van der Waals surface area contributed by atoms with Gasteiger partial charge in [-0.15, -0.1) is 0 Å². The second-order valence-corrected chi connectivity index (χ2v) is 5.06. The summed E-state index contributed by atoms with van der Waals surface area (Å²) < 4.78 is 2.36. The van der Waals surface area contributed by atoms with Crippen molar-refractivity contribution in [2.45, 2.75) is 6.92 Å². The summed E-state index contributed by atoms with van der Waals surface area (Å²) in [5, 5.41) is 3.91. The quantitative estimate of drug-likeness (QED) is 0.455. The van der Waals surface area contributed by atoms with Crippen LogP contribution in [0.4, 0.5) is 0 Å². The number of aromatic nitrogens is 1. The zero-order chi connectivity index (χ0) is 13.7. The van der Waals surface area contributed by atoms with Gasteiger partial charge < -0.3 is 4.40 Å². The molecular weight excluding hydrogens is 242 g/mol. The first-order valence-corrected chi connectivity index (χ1v) is 6.89. The van der Waals surface area contributed by atoms with E-state index in [-0.39, 0.29) is 0 Å². The van der Waals surface area contributed by atoms with Crippen LogP contribution in [0.5, 0.6) is 0 Å². The number of rotatable bonds is 2. The summed E-state index contributed by atoms with van der Waals surface area (Å²) in [5.74, 6) is 0. The van der Waals surface area contributed by atoms with Gasteiger partial charge >= 0.3 is 0 Å². The monoisotopic (exact) mass is 257 g/mol. The highest BCUT2D eigenvalue weighted by Gasteiger charge is 2.17. The molecule has 0 N–H and O–H groups in total. The minimum absolute atomic E-state index is 1.22. The SMILES string of the molecule is C=Cc1c(/C=C\C)n2c3ccccc3c3cccc1c32. The number of hydrogen-bond donors (Lipinski definition) is 0. The molecule has 0 spiro atoms. The average molecular weight is 257 g/mol. The van der Waals surface area contributed by atoms with Crippen molar-refractivity contribution in [1.82, 2.24) is 4.40 Å². The summed E-state index contributed by atoms with van der Waals surface area (Å²) in [6, 6.07) is 15.1. The van der Waals surface area contributed by atoms with E-state index >= 15 is 0 Å². The Hall–Kier alpha value is -2.54. The highest BCUT2D eigenvalue weighted by molar-refractivity contribution is 6.17. The number of allylic oxidation sites excluding steroid dienone is 1. The number of hydrogen-bond acceptors (Lipinski definition) is 0. The van der Waals surface area contributed by atoms with E-state index in [1.807, 2.05) is 6.08 Å². The Balaban J connectivity index is 2.42. The van der Waals surface area contributed by atoms with Crippen molar-refractivity contribution >= 4 is 39.3 Å². The zero-order valence-electron chi connectivity index (χ0n) is 11.4. The molecule has 2 aromatic carbocycles. The third-order valence-electron chi connectivity index (χ3n) is 4.03. The highest BCUT2D eigenvalue weighted by Crippen LogP contribution is 2.38. The molecule has 0 aliphatic rings. The summed E-state index contributed by atoms with van der Waals surface area (Å²) in [6.07, 6.45) is 6.22. The van der Waals surface area contributed by atoms with Crippen LogP contribution in [-0.2, 0) is 0 Å². The van der Waals surface area contributed by atoms with Gasteiger partial charge in [-0.2, -0.15) is 0 Å². The van der Waals surface area contributed by atoms with E-state index in [9.17, 15) is 0 Å². The second kappa shape index (κ2) is 3.97. The van der Waals surface area contributed by atoms with Crippen molar-refractivity contribution in [2.24, 2.45) is 0 Å². The summed E-state index contributed by atoms with van der Waals surface area (Å²) >= 11 is 0. The molecule has 0 radical (unpaired) electrons. The maximum absolute atomic E-state index is 4.00. The Bertz CT molecular complexity index is 970. The first-order chi connectivity index (χ1) is 9.86. The molecule has 2 heterocycles. The Labute approximate surface area is 117 Å². The molecule has 4 aromatic rings. The van der Waals surface area contributed by atoms with Crippen molar-refractivity contribution in [3.8, 4) is 0 Å². The van der Waals surface area contributed by atoms with Crippen LogP contribution in [0.3, 0.4) is 0 Å². The van der Waals surface area contributed by atoms with Gasteiger partial charge in [-0.1, -0.05) is 55.1 Å². The molecule has 0 saturated carbocycles. The molecule has 20 heavy (non-hydrogen) atoms. The van der Waals surface area contributed by atoms with E-state index < -0.39 is 0 Å². The predicted molar refractivity (Wildman–Crippen MR) is 88.4 cm³/mol. The van der Waals surface area contributed by atoms with Gasteiger partial charge in [0.1, 0.15) is 0 Å². The van der Waals surface area contributed by atoms with Crippen LogP contribution < -0.4 is 0 Å². The highest BCUT2D eigenvalue weighted by atomic mass is 14.9. The van der Waals surface area contributed by atoms with Gasteiger partial charge in [0.25, 0.3) is 0 Å². The maximum Gasteiger partial charge on any atom is 0.0620 e. The molecule has 0 aliphatic carbocycles. The van der Waals surface area contributed by atoms with Crippen LogP contribution >= 0.6 is 0 Å². The third kappa shape index (κ3) is 1.22. The molecule has 1 heteroatoms. The molecule has 0 aliphatic heterocycles. The van der Waals surface area contributed by atoms with Gasteiger partial charge in [0, 0.05) is 21.7 Å². The largest absolute Gasteiger partial charge is 0.308 e. The predicted octanol–water partition coefficient (Wildman–Crippen LogP) is 5.36. The number of para-hydroxylation sites is 2. The standard InChI is InChI=1S/C19H15N/c1-3-8-17-13(4-2)15-10-7-11-16-14-9-5-6-12-18(14)20(17)19(15)16/h3-12H,2H2,1H3/b8-3-. The molecule has 4 rings (SSSR count). The Kier molecular flexibility index (Phi) is 2.25. The van der Waals surface area contributed by atoms with Crippen molar-refractivity contribution in [3.63, 3.8) is 0 Å². The molecule has 0 saturated heterocycles. The minimum atomic E-state index is 1.22. The van der Waals surface area contributed by atoms with E-state index in [0.717, 1.165) is 0 Å². The van der Waals surface area contributed by atoms with E-state index in [1.54, 1.807) is 0 Å². The van der Waals surface area contributed by atoms with Gasteiger partial charge in [0.05, 0.1) is 16.7 Å². The van der Waals surface area contributed by atoms with Crippen LogP contribution in [0, 0.1) is 0 Å². The van der Waals surface area contributed by atoms with Gasteiger partial charge in [-0.25, -0.2) is 0 Å². The van der Waals surface area contributed by atoms with E-state index in [1.165, 1.54) is 38.4 Å². The summed E-state index contributed by atoms with van der Waals surface area (Å²) in [5.41, 5.74) is 5.00. The Morgan fingerprint density at radius 3 is 2.50 bits per heavy atom. The minimum Gasteiger partial charge on any atom is -0.308 e. The number of fused-ring (bicyclic) bond motifs is 3. The first-order valence-electron chi connectivity index (χ1n) is 6.89. The Morgan fingerprint density at radius 2 is 1.70 bits per heavy atom. The van der Waals surface area contributed by atoms with Crippen molar-refractivity contribution < 1.29 is 0 Å². The Morgan fingerprint density at radius 1 is 0.950 bits per heavy atom. The van der Waals surface area contributed by atoms with Crippen molar-refractivity contribution in [2.75, 3.05) is 0 Å². The third-order valence-corrected chi connectivity index (χ3v) is 4.03. The molecule has 0 bridgehead atoms. The molecule has 0 unspecified atom stereocenters. The fraction of sp³-hybridized carbons (Fsp3) is 0.0526.